The van der Waals surface area contributed by atoms with Crippen LogP contribution in [0.1, 0.15) is 27.0 Å². The predicted molar refractivity (Wildman–Crippen MR) is 74.5 cm³/mol. The third-order valence-electron chi connectivity index (χ3n) is 3.05. The lowest BCUT2D eigenvalue weighted by Gasteiger charge is -2.19. The van der Waals surface area contributed by atoms with Gasteiger partial charge in [-0.1, -0.05) is 30.3 Å². The van der Waals surface area contributed by atoms with Crippen LogP contribution in [0.4, 0.5) is 0 Å². The van der Waals surface area contributed by atoms with Gasteiger partial charge in [0.1, 0.15) is 0 Å². The van der Waals surface area contributed by atoms with Gasteiger partial charge in [-0.3, -0.25) is 4.79 Å². The lowest BCUT2D eigenvalue weighted by molar-refractivity contribution is 0.103. The van der Waals surface area contributed by atoms with Crippen LogP contribution in [0.3, 0.4) is 0 Å². The van der Waals surface area contributed by atoms with Crippen molar-refractivity contribution in [2.45, 2.75) is 6.42 Å². The van der Waals surface area contributed by atoms with Gasteiger partial charge in [-0.05, 0) is 55.5 Å². The number of rotatable bonds is 0. The summed E-state index contributed by atoms with van der Waals surface area (Å²) < 4.78 is 1.78. The monoisotopic (exact) mass is 350 g/mol. The van der Waals surface area contributed by atoms with Crippen LogP contribution in [0.25, 0.3) is 0 Å². The van der Waals surface area contributed by atoms with Crippen LogP contribution in [0.5, 0.6) is 0 Å². The molecule has 17 heavy (non-hydrogen) atoms. The molecular weight excluding hydrogens is 344 g/mol. The molecular formula is C14H8Br2O. The highest BCUT2D eigenvalue weighted by molar-refractivity contribution is 9.13. The molecule has 0 unspecified atom stereocenters. The molecule has 0 aromatic heterocycles. The molecule has 0 N–H and O–H groups in total. The highest BCUT2D eigenvalue weighted by Crippen LogP contribution is 2.35. The van der Waals surface area contributed by atoms with Crippen molar-refractivity contribution in [2.75, 3.05) is 0 Å². The van der Waals surface area contributed by atoms with E-state index in [1.165, 1.54) is 0 Å². The number of ketones is 1. The number of hydrogen-bond acceptors (Lipinski definition) is 1. The minimum atomic E-state index is 0.107. The smallest absolute Gasteiger partial charge is 0.194 e. The Morgan fingerprint density at radius 3 is 2.53 bits per heavy atom. The number of halogens is 2. The Bertz CT molecular complexity index is 632. The number of carbonyl (C=O) groups is 1. The fourth-order valence-electron chi connectivity index (χ4n) is 2.22. The van der Waals surface area contributed by atoms with Crippen molar-refractivity contribution in [3.8, 4) is 0 Å². The third-order valence-corrected chi connectivity index (χ3v) is 5.07. The number of hydrogen-bond donors (Lipinski definition) is 0. The van der Waals surface area contributed by atoms with E-state index in [2.05, 4.69) is 31.9 Å². The van der Waals surface area contributed by atoms with E-state index in [0.717, 1.165) is 37.6 Å². The zero-order valence-electron chi connectivity index (χ0n) is 8.84. The molecule has 0 heterocycles. The first kappa shape index (κ1) is 11.2. The zero-order chi connectivity index (χ0) is 12.0. The van der Waals surface area contributed by atoms with Gasteiger partial charge in [0.05, 0.1) is 0 Å². The van der Waals surface area contributed by atoms with Crippen molar-refractivity contribution in [3.05, 3.63) is 67.6 Å². The molecule has 2 aromatic rings. The maximum absolute atomic E-state index is 12.4. The van der Waals surface area contributed by atoms with Crippen molar-refractivity contribution in [1.29, 1.82) is 0 Å². The second-order valence-corrected chi connectivity index (χ2v) is 5.71. The molecule has 84 valence electrons. The Kier molecular flexibility index (Phi) is 2.68. The van der Waals surface area contributed by atoms with Crippen molar-refractivity contribution >= 4 is 37.6 Å². The van der Waals surface area contributed by atoms with Crippen molar-refractivity contribution in [1.82, 2.24) is 0 Å². The van der Waals surface area contributed by atoms with Crippen LogP contribution in [0.15, 0.2) is 45.3 Å². The lowest BCUT2D eigenvalue weighted by atomic mass is 9.85. The summed E-state index contributed by atoms with van der Waals surface area (Å²) in [5.74, 6) is 0.107. The summed E-state index contributed by atoms with van der Waals surface area (Å²) in [6, 6.07) is 11.8. The van der Waals surface area contributed by atoms with Crippen LogP contribution in [0, 0.1) is 0 Å². The molecule has 0 aliphatic heterocycles. The summed E-state index contributed by atoms with van der Waals surface area (Å²) in [6.45, 7) is 0. The van der Waals surface area contributed by atoms with Crippen molar-refractivity contribution in [2.24, 2.45) is 0 Å². The van der Waals surface area contributed by atoms with Gasteiger partial charge in [-0.2, -0.15) is 0 Å². The fraction of sp³-hybridized carbons (Fsp3) is 0.0714. The molecule has 0 spiro atoms. The highest BCUT2D eigenvalue weighted by Gasteiger charge is 2.25. The van der Waals surface area contributed by atoms with Gasteiger partial charge >= 0.3 is 0 Å². The molecule has 0 fully saturated rings. The van der Waals surface area contributed by atoms with E-state index in [9.17, 15) is 4.79 Å². The van der Waals surface area contributed by atoms with Gasteiger partial charge in [0.15, 0.2) is 5.78 Å². The topological polar surface area (TPSA) is 17.1 Å². The molecule has 0 radical (unpaired) electrons. The largest absolute Gasteiger partial charge is 0.289 e. The second kappa shape index (κ2) is 4.07. The van der Waals surface area contributed by atoms with Crippen molar-refractivity contribution in [3.63, 3.8) is 0 Å². The average Bonchev–Trinajstić information content (AvgIpc) is 2.34. The van der Waals surface area contributed by atoms with E-state index in [0.29, 0.717) is 0 Å². The van der Waals surface area contributed by atoms with E-state index in [4.69, 9.17) is 0 Å². The molecule has 0 saturated carbocycles. The van der Waals surface area contributed by atoms with Crippen LogP contribution < -0.4 is 0 Å². The first-order valence-corrected chi connectivity index (χ1v) is 6.86. The molecule has 0 atom stereocenters. The minimum Gasteiger partial charge on any atom is -0.289 e. The summed E-state index contributed by atoms with van der Waals surface area (Å²) >= 11 is 6.93. The van der Waals surface area contributed by atoms with E-state index in [1.807, 2.05) is 36.4 Å². The maximum Gasteiger partial charge on any atom is 0.194 e. The molecule has 3 heteroatoms. The normalized spacial score (nSPS) is 13.2. The number of fused-ring (bicyclic) bond motifs is 2. The van der Waals surface area contributed by atoms with E-state index < -0.39 is 0 Å². The molecule has 2 aromatic carbocycles. The van der Waals surface area contributed by atoms with Gasteiger partial charge in [0.25, 0.3) is 0 Å². The zero-order valence-corrected chi connectivity index (χ0v) is 12.0. The van der Waals surface area contributed by atoms with Gasteiger partial charge in [0.2, 0.25) is 0 Å². The molecule has 1 aliphatic rings. The SMILES string of the molecule is O=C1c2ccccc2Cc2ccc(Br)c(Br)c21. The Hall–Kier alpha value is -0.930. The highest BCUT2D eigenvalue weighted by atomic mass is 79.9. The van der Waals surface area contributed by atoms with Crippen LogP contribution in [-0.2, 0) is 6.42 Å². The van der Waals surface area contributed by atoms with Crippen LogP contribution in [0.2, 0.25) is 0 Å². The Balaban J connectivity index is 2.28. The van der Waals surface area contributed by atoms with Crippen LogP contribution in [-0.4, -0.2) is 5.78 Å². The van der Waals surface area contributed by atoms with E-state index in [-0.39, 0.29) is 5.78 Å². The van der Waals surface area contributed by atoms with Gasteiger partial charge in [0, 0.05) is 20.1 Å². The molecule has 3 rings (SSSR count). The lowest BCUT2D eigenvalue weighted by Crippen LogP contribution is -2.15. The first-order valence-electron chi connectivity index (χ1n) is 5.28. The average molecular weight is 352 g/mol. The van der Waals surface area contributed by atoms with Crippen LogP contribution >= 0.6 is 31.9 Å². The first-order chi connectivity index (χ1) is 8.18. The Morgan fingerprint density at radius 2 is 1.71 bits per heavy atom. The molecule has 1 aliphatic carbocycles. The van der Waals surface area contributed by atoms with E-state index in [1.54, 1.807) is 0 Å². The fourth-order valence-corrected chi connectivity index (χ4v) is 3.12. The summed E-state index contributed by atoms with van der Waals surface area (Å²) in [6.07, 6.45) is 0.823. The standard InChI is InChI=1S/C14H8Br2O/c15-11-6-5-9-7-8-3-1-2-4-10(8)14(17)12(9)13(11)16/h1-6H,7H2. The summed E-state index contributed by atoms with van der Waals surface area (Å²) in [5.41, 5.74) is 3.81. The van der Waals surface area contributed by atoms with Crippen molar-refractivity contribution < 1.29 is 4.79 Å². The summed E-state index contributed by atoms with van der Waals surface area (Å²) in [4.78, 5) is 12.4. The quantitative estimate of drug-likeness (QED) is 0.588. The Morgan fingerprint density at radius 1 is 0.941 bits per heavy atom. The predicted octanol–water partition coefficient (Wildman–Crippen LogP) is 4.35. The summed E-state index contributed by atoms with van der Waals surface area (Å²) in [5, 5.41) is 0. The number of carbonyl (C=O) groups excluding carboxylic acids is 1. The Labute approximate surface area is 116 Å². The number of benzene rings is 2. The maximum atomic E-state index is 12.4. The summed E-state index contributed by atoms with van der Waals surface area (Å²) in [7, 11) is 0. The molecule has 0 amide bonds. The molecule has 0 saturated heterocycles. The molecule has 0 bridgehead atoms. The van der Waals surface area contributed by atoms with Gasteiger partial charge in [-0.25, -0.2) is 0 Å². The third kappa shape index (κ3) is 1.69. The van der Waals surface area contributed by atoms with Gasteiger partial charge < -0.3 is 0 Å². The minimum absolute atomic E-state index is 0.107. The van der Waals surface area contributed by atoms with E-state index >= 15 is 0 Å². The van der Waals surface area contributed by atoms with Gasteiger partial charge in [-0.15, -0.1) is 0 Å². The second-order valence-electron chi connectivity index (χ2n) is 4.06. The molecule has 1 nitrogen and oxygen atoms in total.